The van der Waals surface area contributed by atoms with Gasteiger partial charge in [-0.2, -0.15) is 0 Å². The highest BCUT2D eigenvalue weighted by atomic mass is 16.5. The Morgan fingerprint density at radius 3 is 2.43 bits per heavy atom. The number of benzene rings is 2. The zero-order valence-electron chi connectivity index (χ0n) is 15.6. The Labute approximate surface area is 164 Å². The summed E-state index contributed by atoms with van der Waals surface area (Å²) in [6, 6.07) is 16.6. The molecule has 0 radical (unpaired) electrons. The lowest BCUT2D eigenvalue weighted by Crippen LogP contribution is -2.24. The summed E-state index contributed by atoms with van der Waals surface area (Å²) < 4.78 is 5.51. The summed E-state index contributed by atoms with van der Waals surface area (Å²) in [6.07, 6.45) is 2.52. The monoisotopic (exact) mass is 380 g/mol. The number of carbonyl (C=O) groups excluding carboxylic acids is 2. The van der Waals surface area contributed by atoms with E-state index in [1.807, 2.05) is 30.3 Å². The molecule has 0 fully saturated rings. The van der Waals surface area contributed by atoms with Gasteiger partial charge in [-0.15, -0.1) is 0 Å². The minimum atomic E-state index is -0.390. The van der Waals surface area contributed by atoms with E-state index in [0.29, 0.717) is 25.1 Å². The van der Waals surface area contributed by atoms with Crippen LogP contribution in [0.1, 0.15) is 41.6 Å². The first-order chi connectivity index (χ1) is 13.7. The normalized spacial score (nSPS) is 9.75. The Kier molecular flexibility index (Phi) is 9.12. The first kappa shape index (κ1) is 21.0. The quantitative estimate of drug-likeness (QED) is 0.270. The molecule has 2 aromatic rings. The van der Waals surface area contributed by atoms with E-state index in [0.717, 1.165) is 24.2 Å². The van der Waals surface area contributed by atoms with Crippen LogP contribution in [0.5, 0.6) is 5.75 Å². The summed E-state index contributed by atoms with van der Waals surface area (Å²) >= 11 is 0. The third-order valence-electron chi connectivity index (χ3n) is 3.92. The molecule has 0 unspecified atom stereocenters. The van der Waals surface area contributed by atoms with Crippen LogP contribution in [0.15, 0.2) is 54.6 Å². The third-order valence-corrected chi connectivity index (χ3v) is 3.92. The number of ether oxygens (including phenoxy) is 1. The molecule has 0 atom stereocenters. The minimum absolute atomic E-state index is 0.139. The molecule has 0 heterocycles. The molecule has 3 N–H and O–H groups in total. The van der Waals surface area contributed by atoms with Gasteiger partial charge in [0.1, 0.15) is 12.4 Å². The Bertz CT molecular complexity index is 808. The van der Waals surface area contributed by atoms with Crippen molar-refractivity contribution in [2.24, 2.45) is 0 Å². The topological polar surface area (TPSA) is 87.7 Å². The third kappa shape index (κ3) is 7.94. The maximum absolute atomic E-state index is 12.1. The summed E-state index contributed by atoms with van der Waals surface area (Å²) in [5.74, 6) is 6.20. The predicted molar refractivity (Wildman–Crippen MR) is 106 cm³/mol. The van der Waals surface area contributed by atoms with Gasteiger partial charge in [-0.1, -0.05) is 36.5 Å². The van der Waals surface area contributed by atoms with Gasteiger partial charge in [0.2, 0.25) is 5.91 Å². The lowest BCUT2D eigenvalue weighted by atomic mass is 10.1. The number of hydrogen-bond acceptors (Lipinski definition) is 4. The smallest absolute Gasteiger partial charge is 0.251 e. The van der Waals surface area contributed by atoms with E-state index in [4.69, 9.17) is 9.94 Å². The number of amides is 2. The van der Waals surface area contributed by atoms with Crippen molar-refractivity contribution in [3.05, 3.63) is 65.7 Å². The first-order valence-electron chi connectivity index (χ1n) is 9.17. The van der Waals surface area contributed by atoms with Gasteiger partial charge in [0.25, 0.3) is 5.91 Å². The van der Waals surface area contributed by atoms with E-state index in [9.17, 15) is 9.59 Å². The van der Waals surface area contributed by atoms with E-state index in [1.54, 1.807) is 29.7 Å². The molecule has 2 amide bonds. The van der Waals surface area contributed by atoms with Crippen molar-refractivity contribution in [1.29, 1.82) is 0 Å². The van der Waals surface area contributed by atoms with Gasteiger partial charge in [0, 0.05) is 24.1 Å². The van der Waals surface area contributed by atoms with Crippen molar-refractivity contribution in [2.45, 2.75) is 25.7 Å². The number of rotatable bonds is 9. The van der Waals surface area contributed by atoms with Crippen molar-refractivity contribution in [1.82, 2.24) is 10.8 Å². The molecule has 28 heavy (non-hydrogen) atoms. The molecule has 0 saturated heterocycles. The molecule has 2 rings (SSSR count). The van der Waals surface area contributed by atoms with E-state index < -0.39 is 0 Å². The molecule has 6 nitrogen and oxygen atoms in total. The maximum atomic E-state index is 12.1. The highest BCUT2D eigenvalue weighted by Crippen LogP contribution is 2.08. The van der Waals surface area contributed by atoms with Crippen molar-refractivity contribution >= 4 is 11.8 Å². The number of carbonyl (C=O) groups is 2. The molecule has 0 aliphatic rings. The minimum Gasteiger partial charge on any atom is -0.481 e. The van der Waals surface area contributed by atoms with Crippen LogP contribution in [0.25, 0.3) is 0 Å². The Morgan fingerprint density at radius 1 is 0.964 bits per heavy atom. The van der Waals surface area contributed by atoms with E-state index in [-0.39, 0.29) is 18.2 Å². The predicted octanol–water partition coefficient (Wildman–Crippen LogP) is 2.91. The van der Waals surface area contributed by atoms with Crippen LogP contribution in [-0.4, -0.2) is 30.2 Å². The second kappa shape index (κ2) is 12.2. The molecule has 146 valence electrons. The standard InChI is InChI=1S/C22H24N2O4/c25-21(24-27)11-5-2-6-16-23-22(26)19-14-12-18(13-15-19)8-7-17-28-20-9-3-1-4-10-20/h1,3-4,9-10,12-15,27H,2,5-6,11,16-17H2,(H,23,26)(H,24,25). The molecule has 6 heteroatoms. The van der Waals surface area contributed by atoms with Crippen molar-refractivity contribution in [3.8, 4) is 17.6 Å². The Balaban J connectivity index is 1.68. The van der Waals surface area contributed by atoms with Crippen LogP contribution in [0, 0.1) is 11.8 Å². The second-order valence-corrected chi connectivity index (χ2v) is 6.08. The first-order valence-corrected chi connectivity index (χ1v) is 9.17. The van der Waals surface area contributed by atoms with E-state index in [2.05, 4.69) is 17.2 Å². The molecule has 0 spiro atoms. The van der Waals surface area contributed by atoms with Crippen molar-refractivity contribution in [2.75, 3.05) is 13.2 Å². The average molecular weight is 380 g/mol. The molecule has 0 aliphatic carbocycles. The summed E-state index contributed by atoms with van der Waals surface area (Å²) in [4.78, 5) is 23.0. The fourth-order valence-corrected chi connectivity index (χ4v) is 2.43. The molecule has 0 aliphatic heterocycles. The number of hydrogen-bond donors (Lipinski definition) is 3. The van der Waals surface area contributed by atoms with Crippen LogP contribution in [0.4, 0.5) is 0 Å². The lowest BCUT2D eigenvalue weighted by Gasteiger charge is -2.05. The summed E-state index contributed by atoms with van der Waals surface area (Å²) in [6.45, 7) is 0.837. The Hall–Kier alpha value is -3.30. The summed E-state index contributed by atoms with van der Waals surface area (Å²) in [7, 11) is 0. The second-order valence-electron chi connectivity index (χ2n) is 6.08. The fourth-order valence-electron chi connectivity index (χ4n) is 2.43. The highest BCUT2D eigenvalue weighted by Gasteiger charge is 2.04. The number of nitrogens with one attached hydrogen (secondary N) is 2. The van der Waals surface area contributed by atoms with Gasteiger partial charge in [-0.05, 0) is 49.2 Å². The van der Waals surface area contributed by atoms with Gasteiger partial charge in [0.05, 0.1) is 0 Å². The van der Waals surface area contributed by atoms with Crippen LogP contribution < -0.4 is 15.5 Å². The van der Waals surface area contributed by atoms with Crippen LogP contribution in [0.3, 0.4) is 0 Å². The molecule has 0 bridgehead atoms. The summed E-state index contributed by atoms with van der Waals surface area (Å²) in [5, 5.41) is 11.2. The molecular formula is C22H24N2O4. The molecule has 2 aromatic carbocycles. The van der Waals surface area contributed by atoms with E-state index >= 15 is 0 Å². The van der Waals surface area contributed by atoms with Crippen LogP contribution in [-0.2, 0) is 4.79 Å². The fraction of sp³-hybridized carbons (Fsp3) is 0.273. The Morgan fingerprint density at radius 2 is 1.71 bits per heavy atom. The SMILES string of the molecule is O=C(CCCCCNC(=O)c1ccc(C#CCOc2ccccc2)cc1)NO. The van der Waals surface area contributed by atoms with Gasteiger partial charge >= 0.3 is 0 Å². The molecule has 0 aromatic heterocycles. The highest BCUT2D eigenvalue weighted by molar-refractivity contribution is 5.94. The van der Waals surface area contributed by atoms with Gasteiger partial charge in [0.15, 0.2) is 0 Å². The number of para-hydroxylation sites is 1. The molecule has 0 saturated carbocycles. The van der Waals surface area contributed by atoms with Gasteiger partial charge < -0.3 is 10.1 Å². The van der Waals surface area contributed by atoms with E-state index in [1.165, 1.54) is 0 Å². The number of unbranched alkanes of at least 4 members (excludes halogenated alkanes) is 2. The number of hydroxylamine groups is 1. The zero-order chi connectivity index (χ0) is 20.0. The van der Waals surface area contributed by atoms with Gasteiger partial charge in [-0.25, -0.2) is 5.48 Å². The van der Waals surface area contributed by atoms with Crippen molar-refractivity contribution < 1.29 is 19.5 Å². The van der Waals surface area contributed by atoms with Crippen molar-refractivity contribution in [3.63, 3.8) is 0 Å². The lowest BCUT2D eigenvalue weighted by molar-refractivity contribution is -0.129. The molecular weight excluding hydrogens is 356 g/mol. The maximum Gasteiger partial charge on any atom is 0.251 e. The van der Waals surface area contributed by atoms with Crippen LogP contribution in [0.2, 0.25) is 0 Å². The summed E-state index contributed by atoms with van der Waals surface area (Å²) in [5.41, 5.74) is 2.99. The van der Waals surface area contributed by atoms with Gasteiger partial charge in [-0.3, -0.25) is 14.8 Å². The average Bonchev–Trinajstić information content (AvgIpc) is 2.74. The zero-order valence-corrected chi connectivity index (χ0v) is 15.6. The van der Waals surface area contributed by atoms with Crippen LogP contribution >= 0.6 is 0 Å². The largest absolute Gasteiger partial charge is 0.481 e.